The third-order valence-corrected chi connectivity index (χ3v) is 4.09. The van der Waals surface area contributed by atoms with Crippen molar-refractivity contribution >= 4 is 11.8 Å². The van der Waals surface area contributed by atoms with Crippen LogP contribution in [0.3, 0.4) is 0 Å². The predicted octanol–water partition coefficient (Wildman–Crippen LogP) is 2.16. The van der Waals surface area contributed by atoms with Gasteiger partial charge in [-0.25, -0.2) is 4.39 Å². The van der Waals surface area contributed by atoms with E-state index in [9.17, 15) is 19.1 Å². The van der Waals surface area contributed by atoms with Crippen LogP contribution in [-0.4, -0.2) is 41.0 Å². The van der Waals surface area contributed by atoms with Gasteiger partial charge < -0.3 is 19.7 Å². The number of hydrogen-bond donors (Lipinski definition) is 2. The van der Waals surface area contributed by atoms with Crippen molar-refractivity contribution < 1.29 is 23.5 Å². The molecule has 0 spiro atoms. The number of aromatic hydroxyl groups is 1. The van der Waals surface area contributed by atoms with E-state index in [2.05, 4.69) is 5.32 Å². The molecule has 0 saturated carbocycles. The van der Waals surface area contributed by atoms with Crippen LogP contribution >= 0.6 is 0 Å². The van der Waals surface area contributed by atoms with Gasteiger partial charge in [-0.15, -0.1) is 0 Å². The summed E-state index contributed by atoms with van der Waals surface area (Å²) in [6, 6.07) is 4.72. The zero-order chi connectivity index (χ0) is 17.1. The van der Waals surface area contributed by atoms with Crippen molar-refractivity contribution in [3.63, 3.8) is 0 Å². The number of hydrogen-bond acceptors (Lipinski definition) is 4. The molecule has 126 valence electrons. The first-order valence-corrected chi connectivity index (χ1v) is 7.65. The number of furan rings is 1. The van der Waals surface area contributed by atoms with Crippen LogP contribution in [-0.2, 0) is 0 Å². The van der Waals surface area contributed by atoms with E-state index in [0.717, 1.165) is 18.2 Å². The van der Waals surface area contributed by atoms with E-state index in [4.69, 9.17) is 4.42 Å². The van der Waals surface area contributed by atoms with Crippen molar-refractivity contribution in [1.82, 2.24) is 10.2 Å². The molecule has 1 fully saturated rings. The van der Waals surface area contributed by atoms with Gasteiger partial charge in [0.05, 0.1) is 17.4 Å². The number of phenols is 1. The second-order valence-electron chi connectivity index (χ2n) is 5.71. The third-order valence-electron chi connectivity index (χ3n) is 4.09. The van der Waals surface area contributed by atoms with E-state index >= 15 is 0 Å². The van der Waals surface area contributed by atoms with Crippen molar-refractivity contribution in [1.29, 1.82) is 0 Å². The number of benzene rings is 1. The van der Waals surface area contributed by atoms with Crippen molar-refractivity contribution in [2.75, 3.05) is 13.1 Å². The van der Waals surface area contributed by atoms with Gasteiger partial charge in [-0.3, -0.25) is 9.59 Å². The summed E-state index contributed by atoms with van der Waals surface area (Å²) in [5.74, 6) is -1.47. The maximum absolute atomic E-state index is 13.2. The fourth-order valence-electron chi connectivity index (χ4n) is 2.75. The molecule has 2 amide bonds. The van der Waals surface area contributed by atoms with Gasteiger partial charge in [0.2, 0.25) is 0 Å². The van der Waals surface area contributed by atoms with Crippen molar-refractivity contribution in [3.05, 3.63) is 53.7 Å². The quantitative estimate of drug-likeness (QED) is 0.902. The second-order valence-corrected chi connectivity index (χ2v) is 5.71. The lowest BCUT2D eigenvalue weighted by molar-refractivity contribution is 0.0697. The van der Waals surface area contributed by atoms with Gasteiger partial charge in [0.15, 0.2) is 0 Å². The Hall–Kier alpha value is -2.83. The van der Waals surface area contributed by atoms with Crippen LogP contribution < -0.4 is 5.32 Å². The maximum atomic E-state index is 13.2. The first-order chi connectivity index (χ1) is 11.5. The molecule has 2 N–H and O–H groups in total. The molecule has 0 unspecified atom stereocenters. The largest absolute Gasteiger partial charge is 0.507 e. The Morgan fingerprint density at radius 1 is 1.25 bits per heavy atom. The first kappa shape index (κ1) is 16.0. The highest BCUT2D eigenvalue weighted by molar-refractivity contribution is 5.97. The van der Waals surface area contributed by atoms with Gasteiger partial charge in [-0.2, -0.15) is 0 Å². The van der Waals surface area contributed by atoms with Crippen LogP contribution in [0.2, 0.25) is 0 Å². The molecular weight excluding hydrogens is 315 g/mol. The number of piperidine rings is 1. The summed E-state index contributed by atoms with van der Waals surface area (Å²) in [4.78, 5) is 26.1. The van der Waals surface area contributed by atoms with Gasteiger partial charge in [0.25, 0.3) is 11.8 Å². The van der Waals surface area contributed by atoms with Crippen molar-refractivity contribution in [2.45, 2.75) is 18.9 Å². The molecule has 0 bridgehead atoms. The number of nitrogens with one attached hydrogen (secondary N) is 1. The first-order valence-electron chi connectivity index (χ1n) is 7.65. The lowest BCUT2D eigenvalue weighted by atomic mass is 10.0. The Bertz CT molecular complexity index is 737. The molecule has 1 aromatic carbocycles. The molecular formula is C17H17FN2O4. The highest BCUT2D eigenvalue weighted by atomic mass is 19.1. The topological polar surface area (TPSA) is 82.8 Å². The summed E-state index contributed by atoms with van der Waals surface area (Å²) < 4.78 is 18.1. The smallest absolute Gasteiger partial charge is 0.257 e. The predicted molar refractivity (Wildman–Crippen MR) is 83.2 cm³/mol. The highest BCUT2D eigenvalue weighted by Crippen LogP contribution is 2.19. The molecule has 24 heavy (non-hydrogen) atoms. The number of likely N-dealkylation sites (tertiary alicyclic amines) is 1. The Morgan fingerprint density at radius 3 is 2.67 bits per heavy atom. The molecule has 1 aromatic heterocycles. The second kappa shape index (κ2) is 6.74. The van der Waals surface area contributed by atoms with Crippen LogP contribution in [0, 0.1) is 5.82 Å². The zero-order valence-corrected chi connectivity index (χ0v) is 12.9. The number of carbonyl (C=O) groups is 2. The normalized spacial score (nSPS) is 15.3. The minimum Gasteiger partial charge on any atom is -0.507 e. The van der Waals surface area contributed by atoms with Gasteiger partial charge in [-0.1, -0.05) is 0 Å². The van der Waals surface area contributed by atoms with Crippen LogP contribution in [0.5, 0.6) is 5.75 Å². The minimum atomic E-state index is -0.585. The number of halogens is 1. The summed E-state index contributed by atoms with van der Waals surface area (Å²) in [6.07, 6.45) is 4.03. The lowest BCUT2D eigenvalue weighted by Gasteiger charge is -2.32. The molecule has 7 heteroatoms. The Balaban J connectivity index is 1.56. The summed E-state index contributed by atoms with van der Waals surface area (Å²) >= 11 is 0. The molecule has 0 radical (unpaired) electrons. The monoisotopic (exact) mass is 332 g/mol. The molecule has 0 atom stereocenters. The number of nitrogens with zero attached hydrogens (tertiary/aromatic N) is 1. The average molecular weight is 332 g/mol. The number of phenolic OH excluding ortho intramolecular Hbond substituents is 1. The summed E-state index contributed by atoms with van der Waals surface area (Å²) in [5, 5.41) is 12.4. The summed E-state index contributed by atoms with van der Waals surface area (Å²) in [6.45, 7) is 1.01. The molecule has 1 aliphatic heterocycles. The lowest BCUT2D eigenvalue weighted by Crippen LogP contribution is -2.46. The van der Waals surface area contributed by atoms with E-state index in [1.165, 1.54) is 12.5 Å². The molecule has 2 heterocycles. The Kier molecular flexibility index (Phi) is 4.50. The maximum Gasteiger partial charge on any atom is 0.257 e. The van der Waals surface area contributed by atoms with E-state index in [1.54, 1.807) is 11.0 Å². The fourth-order valence-corrected chi connectivity index (χ4v) is 2.75. The average Bonchev–Trinajstić information content (AvgIpc) is 3.11. The van der Waals surface area contributed by atoms with Gasteiger partial charge in [0, 0.05) is 19.1 Å². The van der Waals surface area contributed by atoms with E-state index in [-0.39, 0.29) is 23.3 Å². The molecule has 2 aromatic rings. The number of rotatable bonds is 3. The molecule has 0 aliphatic carbocycles. The van der Waals surface area contributed by atoms with Gasteiger partial charge in [-0.05, 0) is 37.1 Å². The zero-order valence-electron chi connectivity index (χ0n) is 12.9. The Labute approximate surface area is 137 Å². The van der Waals surface area contributed by atoms with Crippen molar-refractivity contribution in [2.24, 2.45) is 0 Å². The molecule has 6 nitrogen and oxygen atoms in total. The third kappa shape index (κ3) is 3.40. The standard InChI is InChI=1S/C17H17FN2O4/c18-12-1-2-15(21)14(9-12)16(22)19-13-3-6-20(7-4-13)17(23)11-5-8-24-10-11/h1-2,5,8-10,13,21H,3-4,6-7H2,(H,19,22). The summed E-state index contributed by atoms with van der Waals surface area (Å²) in [7, 11) is 0. The molecule has 1 aliphatic rings. The van der Waals surface area contributed by atoms with E-state index in [1.807, 2.05) is 0 Å². The van der Waals surface area contributed by atoms with Crippen LogP contribution in [0.4, 0.5) is 4.39 Å². The van der Waals surface area contributed by atoms with Crippen LogP contribution in [0.15, 0.2) is 41.2 Å². The SMILES string of the molecule is O=C(NC1CCN(C(=O)c2ccoc2)CC1)c1cc(F)ccc1O. The van der Waals surface area contributed by atoms with Crippen LogP contribution in [0.1, 0.15) is 33.6 Å². The van der Waals surface area contributed by atoms with E-state index in [0.29, 0.717) is 31.5 Å². The van der Waals surface area contributed by atoms with E-state index < -0.39 is 11.7 Å². The minimum absolute atomic E-state index is 0.0908. The Morgan fingerprint density at radius 2 is 2.00 bits per heavy atom. The molecule has 3 rings (SSSR count). The van der Waals surface area contributed by atoms with Gasteiger partial charge in [0.1, 0.15) is 17.8 Å². The van der Waals surface area contributed by atoms with Gasteiger partial charge >= 0.3 is 0 Å². The highest BCUT2D eigenvalue weighted by Gasteiger charge is 2.26. The number of amides is 2. The number of carbonyl (C=O) groups excluding carboxylic acids is 2. The summed E-state index contributed by atoms with van der Waals surface area (Å²) in [5.41, 5.74) is 0.411. The van der Waals surface area contributed by atoms with Crippen molar-refractivity contribution in [3.8, 4) is 5.75 Å². The molecule has 1 saturated heterocycles. The fraction of sp³-hybridized carbons (Fsp3) is 0.294. The van der Waals surface area contributed by atoms with Crippen LogP contribution in [0.25, 0.3) is 0 Å².